The van der Waals surface area contributed by atoms with Crippen molar-refractivity contribution in [2.45, 2.75) is 38.6 Å². The Kier molecular flexibility index (Phi) is 11.4. The van der Waals surface area contributed by atoms with Gasteiger partial charge in [0.15, 0.2) is 0 Å². The molecule has 1 heterocycles. The first-order chi connectivity index (χ1) is 15.5. The van der Waals surface area contributed by atoms with Gasteiger partial charge in [-0.1, -0.05) is 41.4 Å². The number of carbonyl (C=O) groups excluding carboxylic acids is 1. The summed E-state index contributed by atoms with van der Waals surface area (Å²) in [5, 5.41) is 8.95. The maximum absolute atomic E-state index is 13.3. The molecule has 34 heavy (non-hydrogen) atoms. The van der Waals surface area contributed by atoms with Gasteiger partial charge in [0, 0.05) is 5.02 Å². The minimum atomic E-state index is -0.158. The van der Waals surface area contributed by atoms with Crippen LogP contribution in [0.25, 0.3) is 16.9 Å². The van der Waals surface area contributed by atoms with Gasteiger partial charge in [-0.2, -0.15) is 9.90 Å². The Bertz CT molecular complexity index is 1210. The average Bonchev–Trinajstić information content (AvgIpc) is 3.12. The third-order valence-corrected chi connectivity index (χ3v) is 7.01. The number of nitrogens with one attached hydrogen (secondary N) is 1. The minimum Gasteiger partial charge on any atom is -0.813 e. The second kappa shape index (κ2) is 13.3. The molecule has 4 nitrogen and oxygen atoms in total. The van der Waals surface area contributed by atoms with Gasteiger partial charge in [0.25, 0.3) is 0 Å². The maximum atomic E-state index is 13.3. The zero-order valence-electron chi connectivity index (χ0n) is 18.9. The van der Waals surface area contributed by atoms with Crippen molar-refractivity contribution in [1.29, 1.82) is 0 Å². The summed E-state index contributed by atoms with van der Waals surface area (Å²) in [6.07, 6.45) is 4.08. The number of aromatic nitrogens is 2. The van der Waals surface area contributed by atoms with E-state index in [-0.39, 0.29) is 35.3 Å². The van der Waals surface area contributed by atoms with Crippen molar-refractivity contribution in [3.63, 3.8) is 0 Å². The van der Waals surface area contributed by atoms with Gasteiger partial charge in [-0.05, 0) is 12.1 Å². The third-order valence-electron chi connectivity index (χ3n) is 5.82. The molecule has 1 N–H and O–H groups in total. The molecule has 0 bridgehead atoms. The van der Waals surface area contributed by atoms with E-state index < -0.39 is 0 Å². The summed E-state index contributed by atoms with van der Waals surface area (Å²) in [6, 6.07) is 15.3. The van der Waals surface area contributed by atoms with E-state index >= 15 is 0 Å². The van der Waals surface area contributed by atoms with E-state index in [1.54, 1.807) is 16.8 Å². The average molecular weight is 723 g/mol. The molecule has 0 spiro atoms. The van der Waals surface area contributed by atoms with Crippen molar-refractivity contribution in [2.75, 3.05) is 0 Å². The summed E-state index contributed by atoms with van der Waals surface area (Å²) < 4.78 is 4.92. The Morgan fingerprint density at radius 1 is 1.18 bits per heavy atom. The fourth-order valence-corrected chi connectivity index (χ4v) is 5.70. The molecule has 2 aromatic carbocycles. The van der Waals surface area contributed by atoms with Gasteiger partial charge in [0.1, 0.15) is 0 Å². The molecule has 3 atom stereocenters. The Balaban J connectivity index is 0.00000204. The van der Waals surface area contributed by atoms with Gasteiger partial charge in [-0.3, -0.25) is 0 Å². The van der Waals surface area contributed by atoms with Gasteiger partial charge >= 0.3 is 157 Å². The predicted molar refractivity (Wildman–Crippen MR) is 150 cm³/mol. The molecule has 3 unspecified atom stereocenters. The summed E-state index contributed by atoms with van der Waals surface area (Å²) in [5.74, 6) is 3.56. The molecule has 1 aromatic heterocycles. The van der Waals surface area contributed by atoms with Crippen LogP contribution in [0.15, 0.2) is 48.5 Å². The van der Waals surface area contributed by atoms with Crippen LogP contribution in [-0.4, -0.2) is 47.5 Å². The molecule has 176 valence electrons. The Morgan fingerprint density at radius 2 is 1.91 bits per heavy atom. The van der Waals surface area contributed by atoms with E-state index in [2.05, 4.69) is 14.7 Å². The van der Waals surface area contributed by atoms with Crippen molar-refractivity contribution in [3.8, 4) is 26.3 Å². The van der Waals surface area contributed by atoms with Gasteiger partial charge in [0.2, 0.25) is 0 Å². The first kappa shape index (κ1) is 29.2. The number of hydrogen-bond acceptors (Lipinski definition) is 3. The molecule has 1 fully saturated rings. The summed E-state index contributed by atoms with van der Waals surface area (Å²) in [6.45, 7) is 1.93. The summed E-state index contributed by atoms with van der Waals surface area (Å²) in [7, 11) is 0. The molecule has 0 saturated heterocycles. The second-order valence-corrected chi connectivity index (χ2v) is 9.98. The van der Waals surface area contributed by atoms with Crippen LogP contribution in [0.2, 0.25) is 10.0 Å². The fraction of sp³-hybridized carbons (Fsp3) is 0.280. The zero-order valence-corrected chi connectivity index (χ0v) is 27.2. The third kappa shape index (κ3) is 6.59. The number of hydrogen-bond donors (Lipinski definition) is 1. The molecular formula is C25H26Cl2N3OPSTl-. The number of rotatable bonds is 4. The summed E-state index contributed by atoms with van der Waals surface area (Å²) in [4.78, 5) is 13.3. The summed E-state index contributed by atoms with van der Waals surface area (Å²) in [5.41, 5.74) is 3.70. The monoisotopic (exact) mass is 722 g/mol. The first-order valence-corrected chi connectivity index (χ1v) is 13.6. The number of nitrogens with zero attached hydrogens (tertiary/aromatic N) is 2. The molecule has 1 amide bonds. The van der Waals surface area contributed by atoms with Crippen molar-refractivity contribution < 1.29 is 4.79 Å². The molecule has 3 aromatic rings. The van der Waals surface area contributed by atoms with Crippen molar-refractivity contribution >= 4 is 78.3 Å². The van der Waals surface area contributed by atoms with Crippen LogP contribution in [0.3, 0.4) is 0 Å². The topological polar surface area (TPSA) is 46.9 Å². The first-order valence-electron chi connectivity index (χ1n) is 10.6. The van der Waals surface area contributed by atoms with E-state index in [0.29, 0.717) is 53.1 Å². The number of halogens is 2. The molecule has 1 saturated carbocycles. The second-order valence-electron chi connectivity index (χ2n) is 8.02. The van der Waals surface area contributed by atoms with Gasteiger partial charge < -0.3 is 13.5 Å². The molecule has 1 aliphatic rings. The molecular weight excluding hydrogens is 697 g/mol. The fourth-order valence-electron chi connectivity index (χ4n) is 4.30. The van der Waals surface area contributed by atoms with Crippen LogP contribution in [0, 0.1) is 22.2 Å². The van der Waals surface area contributed by atoms with Crippen molar-refractivity contribution in [1.82, 2.24) is 15.1 Å². The predicted octanol–water partition coefficient (Wildman–Crippen LogP) is 5.36. The smallest absolute Gasteiger partial charge is 0.813 e. The van der Waals surface area contributed by atoms with E-state index in [1.807, 2.05) is 43.3 Å². The van der Waals surface area contributed by atoms with Crippen LogP contribution >= 0.6 is 33.1 Å². The normalized spacial score (nSPS) is 16.9. The Hall–Kier alpha value is -1.04. The Labute approximate surface area is 237 Å². The van der Waals surface area contributed by atoms with Crippen LogP contribution in [0.4, 0.5) is 0 Å². The number of thiol groups is 1. The van der Waals surface area contributed by atoms with Crippen LogP contribution in [0.5, 0.6) is 0 Å². The van der Waals surface area contributed by atoms with Crippen LogP contribution < -0.4 is 5.32 Å². The van der Waals surface area contributed by atoms with Gasteiger partial charge in [0.05, 0.1) is 0 Å². The van der Waals surface area contributed by atoms with Crippen molar-refractivity contribution in [2.24, 2.45) is 5.92 Å². The molecule has 0 aliphatic heterocycles. The van der Waals surface area contributed by atoms with E-state index in [1.165, 1.54) is 0 Å². The molecule has 1 aliphatic carbocycles. The Morgan fingerprint density at radius 3 is 2.59 bits per heavy atom. The minimum absolute atomic E-state index is 0. The zero-order chi connectivity index (χ0) is 22.7. The van der Waals surface area contributed by atoms with Gasteiger partial charge in [-0.15, -0.1) is 0 Å². The van der Waals surface area contributed by atoms with Crippen LogP contribution in [0.1, 0.15) is 41.7 Å². The standard InChI is InChI=1S/C25H22Cl2N3O.H3P.H2S.Tl/c1-3-17-8-7-11-20(14-17)28-25(31)23-16(2)24(18-9-5-4-6-10-18)30(29-23)22-13-12-19(26)15-21(22)27;;;/h4-6,9-10,12-13,15,17,20H,7-8,11,14H2,2H3,(H,28,31);1H3;1H2;/p-1. The number of carbonyl (C=O) groups is 1. The molecule has 0 radical (unpaired) electrons. The van der Waals surface area contributed by atoms with E-state index in [0.717, 1.165) is 42.5 Å². The quantitative estimate of drug-likeness (QED) is 0.130. The summed E-state index contributed by atoms with van der Waals surface area (Å²) >= 11 is 13.3. The molecule has 4 rings (SSSR count). The SMILES string of the molecule is Cc1c(C(=O)NC2CCCC(C#[C][Tl])C2)nn(-c2ccc(Cl)cc2Cl)c1-c1ccccc1.P.[SH-]. The number of amides is 1. The molecule has 9 heteroatoms. The number of benzene rings is 2. The van der Waals surface area contributed by atoms with Gasteiger partial charge in [-0.25, -0.2) is 0 Å². The van der Waals surface area contributed by atoms with Crippen molar-refractivity contribution in [3.05, 3.63) is 69.8 Å². The van der Waals surface area contributed by atoms with Crippen LogP contribution in [-0.2, 0) is 13.5 Å². The van der Waals surface area contributed by atoms with E-state index in [9.17, 15) is 4.79 Å². The van der Waals surface area contributed by atoms with E-state index in [4.69, 9.17) is 28.3 Å².